The summed E-state index contributed by atoms with van der Waals surface area (Å²) >= 11 is 0. The minimum atomic E-state index is -0.766. The zero-order chi connectivity index (χ0) is 25.2. The average molecular weight is 486 g/mol. The average Bonchev–Trinajstić information content (AvgIpc) is 3.52. The summed E-state index contributed by atoms with van der Waals surface area (Å²) in [5.74, 6) is -1.06. The quantitative estimate of drug-likeness (QED) is 0.290. The normalized spacial score (nSPS) is 15.3. The highest BCUT2D eigenvalue weighted by molar-refractivity contribution is 6.04. The van der Waals surface area contributed by atoms with Crippen molar-refractivity contribution in [1.82, 2.24) is 14.3 Å². The summed E-state index contributed by atoms with van der Waals surface area (Å²) in [6.07, 6.45) is 2.20. The lowest BCUT2D eigenvalue weighted by molar-refractivity contribution is 0.0469. The number of fused-ring (bicyclic) bond motifs is 1. The first-order valence-electron chi connectivity index (χ1n) is 12.0. The van der Waals surface area contributed by atoms with Gasteiger partial charge >= 0.3 is 5.97 Å². The summed E-state index contributed by atoms with van der Waals surface area (Å²) in [7, 11) is 0. The van der Waals surface area contributed by atoms with Crippen LogP contribution < -0.4 is 5.56 Å². The van der Waals surface area contributed by atoms with Crippen LogP contribution in [0, 0.1) is 13.8 Å². The SMILES string of the molecule is Cc1cc(C(=O)COC(=O)c2nn(-c3ccccc3)c(=O)c3ccccc23)c(C)n1CC1CCCO1. The molecule has 1 saturated heterocycles. The van der Waals surface area contributed by atoms with Crippen LogP contribution in [-0.2, 0) is 16.0 Å². The molecular weight excluding hydrogens is 458 g/mol. The Morgan fingerprint density at radius 1 is 1.06 bits per heavy atom. The van der Waals surface area contributed by atoms with Crippen LogP contribution in [0.25, 0.3) is 16.5 Å². The minimum Gasteiger partial charge on any atom is -0.452 e. The number of carbonyl (C=O) groups is 2. The van der Waals surface area contributed by atoms with Crippen molar-refractivity contribution in [2.75, 3.05) is 13.2 Å². The number of aromatic nitrogens is 3. The highest BCUT2D eigenvalue weighted by Crippen LogP contribution is 2.21. The zero-order valence-corrected chi connectivity index (χ0v) is 20.3. The van der Waals surface area contributed by atoms with Gasteiger partial charge in [-0.25, -0.2) is 4.79 Å². The van der Waals surface area contributed by atoms with Crippen molar-refractivity contribution in [2.45, 2.75) is 39.3 Å². The van der Waals surface area contributed by atoms with Crippen LogP contribution in [0.1, 0.15) is 45.1 Å². The standard InChI is InChI=1S/C28H27N3O5/c1-18-15-24(19(2)30(18)16-21-11-8-14-35-21)25(32)17-36-28(34)26-22-12-6-7-13-23(22)27(33)31(29-26)20-9-4-3-5-10-20/h3-7,9-10,12-13,15,21H,8,11,14,16-17H2,1-2H3. The van der Waals surface area contributed by atoms with Crippen LogP contribution in [0.3, 0.4) is 0 Å². The van der Waals surface area contributed by atoms with E-state index in [-0.39, 0.29) is 23.1 Å². The van der Waals surface area contributed by atoms with Gasteiger partial charge in [0.15, 0.2) is 12.3 Å². The number of hydrogen-bond donors (Lipinski definition) is 0. The molecule has 0 aliphatic carbocycles. The summed E-state index contributed by atoms with van der Waals surface area (Å²) in [4.78, 5) is 39.1. The lowest BCUT2D eigenvalue weighted by atomic mass is 10.1. The van der Waals surface area contributed by atoms with Gasteiger partial charge in [0.1, 0.15) is 0 Å². The number of aryl methyl sites for hydroxylation is 1. The lowest BCUT2D eigenvalue weighted by Crippen LogP contribution is -2.26. The molecule has 0 bridgehead atoms. The molecule has 1 aliphatic heterocycles. The summed E-state index contributed by atoms with van der Waals surface area (Å²) in [6, 6.07) is 17.4. The van der Waals surface area contributed by atoms with Crippen LogP contribution in [0.2, 0.25) is 0 Å². The Balaban J connectivity index is 1.39. The molecule has 0 spiro atoms. The Morgan fingerprint density at radius 2 is 1.78 bits per heavy atom. The van der Waals surface area contributed by atoms with E-state index in [2.05, 4.69) is 9.67 Å². The van der Waals surface area contributed by atoms with Crippen LogP contribution in [-0.4, -0.2) is 45.4 Å². The Morgan fingerprint density at radius 3 is 2.50 bits per heavy atom. The molecule has 0 radical (unpaired) electrons. The van der Waals surface area contributed by atoms with E-state index in [0.717, 1.165) is 30.8 Å². The fraction of sp³-hybridized carbons (Fsp3) is 0.286. The van der Waals surface area contributed by atoms with Gasteiger partial charge in [0.25, 0.3) is 5.56 Å². The van der Waals surface area contributed by atoms with Crippen molar-refractivity contribution < 1.29 is 19.1 Å². The fourth-order valence-corrected chi connectivity index (χ4v) is 4.72. The molecule has 4 aromatic rings. The van der Waals surface area contributed by atoms with Crippen molar-refractivity contribution in [3.8, 4) is 5.69 Å². The molecule has 3 heterocycles. The first-order chi connectivity index (χ1) is 17.4. The number of ketones is 1. The summed E-state index contributed by atoms with van der Waals surface area (Å²) in [5, 5.41) is 5.03. The fourth-order valence-electron chi connectivity index (χ4n) is 4.72. The van der Waals surface area contributed by atoms with Crippen molar-refractivity contribution in [2.24, 2.45) is 0 Å². The van der Waals surface area contributed by atoms with Crippen LogP contribution >= 0.6 is 0 Å². The third-order valence-corrected chi connectivity index (χ3v) is 6.62. The Bertz CT molecular complexity index is 1500. The Hall–Kier alpha value is -4.04. The predicted octanol–water partition coefficient (Wildman–Crippen LogP) is 4.02. The van der Waals surface area contributed by atoms with Gasteiger partial charge in [0.2, 0.25) is 5.78 Å². The second-order valence-corrected chi connectivity index (χ2v) is 8.98. The summed E-state index contributed by atoms with van der Waals surface area (Å²) in [5.41, 5.74) is 2.46. The van der Waals surface area contributed by atoms with E-state index in [9.17, 15) is 14.4 Å². The first-order valence-corrected chi connectivity index (χ1v) is 12.0. The maximum atomic E-state index is 13.1. The van der Waals surface area contributed by atoms with Gasteiger partial charge in [-0.1, -0.05) is 36.4 Å². The molecule has 1 unspecified atom stereocenters. The van der Waals surface area contributed by atoms with Gasteiger partial charge in [0.05, 0.1) is 17.2 Å². The van der Waals surface area contributed by atoms with Crippen molar-refractivity contribution in [3.63, 3.8) is 0 Å². The molecule has 0 amide bonds. The third kappa shape index (κ3) is 4.47. The van der Waals surface area contributed by atoms with Crippen LogP contribution in [0.15, 0.2) is 65.5 Å². The maximum Gasteiger partial charge on any atom is 0.359 e. The number of hydrogen-bond acceptors (Lipinski definition) is 6. The topological polar surface area (TPSA) is 92.4 Å². The molecule has 5 rings (SSSR count). The molecule has 36 heavy (non-hydrogen) atoms. The van der Waals surface area contributed by atoms with Gasteiger partial charge in [-0.15, -0.1) is 0 Å². The number of Topliss-reactive ketones (excluding diaryl/α,β-unsaturated/α-hetero) is 1. The van der Waals surface area contributed by atoms with Gasteiger partial charge in [-0.3, -0.25) is 9.59 Å². The molecule has 184 valence electrons. The number of carbonyl (C=O) groups excluding carboxylic acids is 2. The van der Waals surface area contributed by atoms with Crippen molar-refractivity contribution in [1.29, 1.82) is 0 Å². The maximum absolute atomic E-state index is 13.1. The highest BCUT2D eigenvalue weighted by atomic mass is 16.5. The predicted molar refractivity (Wildman–Crippen MR) is 135 cm³/mol. The van der Waals surface area contributed by atoms with E-state index in [1.54, 1.807) is 48.5 Å². The van der Waals surface area contributed by atoms with Gasteiger partial charge in [-0.2, -0.15) is 9.78 Å². The molecule has 1 fully saturated rings. The van der Waals surface area contributed by atoms with Crippen molar-refractivity contribution >= 4 is 22.5 Å². The van der Waals surface area contributed by atoms with E-state index in [1.807, 2.05) is 26.0 Å². The minimum absolute atomic E-state index is 0.0225. The molecule has 8 heteroatoms. The largest absolute Gasteiger partial charge is 0.452 e. The first kappa shape index (κ1) is 23.7. The number of para-hydroxylation sites is 1. The van der Waals surface area contributed by atoms with Gasteiger partial charge in [0, 0.05) is 35.5 Å². The number of benzene rings is 2. The smallest absolute Gasteiger partial charge is 0.359 e. The van der Waals surface area contributed by atoms with Crippen LogP contribution in [0.5, 0.6) is 0 Å². The lowest BCUT2D eigenvalue weighted by Gasteiger charge is -2.14. The summed E-state index contributed by atoms with van der Waals surface area (Å²) in [6.45, 7) is 4.88. The molecule has 8 nitrogen and oxygen atoms in total. The number of nitrogens with zero attached hydrogens (tertiary/aromatic N) is 3. The van der Waals surface area contributed by atoms with Crippen molar-refractivity contribution in [3.05, 3.63) is 93.7 Å². The molecule has 1 aliphatic rings. The van der Waals surface area contributed by atoms with E-state index in [1.165, 1.54) is 4.68 Å². The highest BCUT2D eigenvalue weighted by Gasteiger charge is 2.23. The Kier molecular flexibility index (Phi) is 6.52. The van der Waals surface area contributed by atoms with Gasteiger partial charge < -0.3 is 14.0 Å². The second kappa shape index (κ2) is 9.91. The zero-order valence-electron chi connectivity index (χ0n) is 20.3. The van der Waals surface area contributed by atoms with E-state index >= 15 is 0 Å². The molecule has 1 atom stereocenters. The monoisotopic (exact) mass is 485 g/mol. The van der Waals surface area contributed by atoms with E-state index in [0.29, 0.717) is 28.6 Å². The summed E-state index contributed by atoms with van der Waals surface area (Å²) < 4.78 is 14.4. The molecule has 0 N–H and O–H groups in total. The molecular formula is C28H27N3O5. The van der Waals surface area contributed by atoms with E-state index in [4.69, 9.17) is 9.47 Å². The number of esters is 1. The molecule has 2 aromatic heterocycles. The second-order valence-electron chi connectivity index (χ2n) is 8.98. The third-order valence-electron chi connectivity index (χ3n) is 6.62. The van der Waals surface area contributed by atoms with Gasteiger partial charge in [-0.05, 0) is 51.0 Å². The number of ether oxygens (including phenoxy) is 2. The Labute approximate surface area is 208 Å². The molecule has 0 saturated carbocycles. The number of rotatable bonds is 7. The molecule has 2 aromatic carbocycles. The van der Waals surface area contributed by atoms with E-state index < -0.39 is 12.6 Å². The van der Waals surface area contributed by atoms with Crippen LogP contribution in [0.4, 0.5) is 0 Å².